The summed E-state index contributed by atoms with van der Waals surface area (Å²) in [5.41, 5.74) is 0. The molecule has 0 heterocycles. The van der Waals surface area contributed by atoms with E-state index in [1.54, 1.807) is 6.08 Å². The number of carbonyl (C=O) groups excluding carboxylic acids is 1. The molecule has 0 rings (SSSR count). The lowest BCUT2D eigenvalue weighted by atomic mass is 10.0. The van der Waals surface area contributed by atoms with E-state index in [2.05, 4.69) is 43.5 Å². The number of carbonyl (C=O) groups is 1. The summed E-state index contributed by atoms with van der Waals surface area (Å²) in [5, 5.41) is 23.2. The van der Waals surface area contributed by atoms with Gasteiger partial charge in [-0.15, -0.1) is 0 Å². The number of rotatable bonds is 30. The smallest absolute Gasteiger partial charge is 0.267 e. The first kappa shape index (κ1) is 41.5. The summed E-state index contributed by atoms with van der Waals surface area (Å²) in [7, 11) is -4.45. The zero-order valence-corrected chi connectivity index (χ0v) is 28.3. The van der Waals surface area contributed by atoms with Crippen LogP contribution in [0.15, 0.2) is 36.5 Å². The number of amides is 1. The maximum atomic E-state index is 12.5. The summed E-state index contributed by atoms with van der Waals surface area (Å²) >= 11 is 0. The molecule has 3 atom stereocenters. The molecule has 0 spiro atoms. The summed E-state index contributed by atoms with van der Waals surface area (Å²) in [6.07, 6.45) is 33.4. The molecule has 3 unspecified atom stereocenters. The van der Waals surface area contributed by atoms with Crippen molar-refractivity contribution in [3.63, 3.8) is 0 Å². The molecule has 4 N–H and O–H groups in total. The van der Waals surface area contributed by atoms with Gasteiger partial charge in [-0.3, -0.25) is 9.35 Å². The first-order chi connectivity index (χ1) is 20.7. The second kappa shape index (κ2) is 29.2. The Balaban J connectivity index is 4.24. The highest BCUT2D eigenvalue weighted by atomic mass is 32.2. The van der Waals surface area contributed by atoms with Gasteiger partial charge in [-0.2, -0.15) is 8.42 Å². The molecule has 0 aliphatic carbocycles. The normalized spacial score (nSPS) is 14.6. The lowest BCUT2D eigenvalue weighted by Crippen LogP contribution is -2.50. The van der Waals surface area contributed by atoms with Crippen molar-refractivity contribution < 1.29 is 28.0 Å². The minimum absolute atomic E-state index is 0.273. The van der Waals surface area contributed by atoms with Crippen molar-refractivity contribution in [3.8, 4) is 0 Å². The van der Waals surface area contributed by atoms with Gasteiger partial charge in [-0.25, -0.2) is 0 Å². The molecule has 43 heavy (non-hydrogen) atoms. The van der Waals surface area contributed by atoms with Crippen molar-refractivity contribution in [3.05, 3.63) is 36.5 Å². The summed E-state index contributed by atoms with van der Waals surface area (Å²) in [4.78, 5) is 12.5. The fourth-order valence-electron chi connectivity index (χ4n) is 4.96. The maximum absolute atomic E-state index is 12.5. The third-order valence-corrected chi connectivity index (χ3v) is 8.44. The number of nitrogens with one attached hydrogen (secondary N) is 1. The van der Waals surface area contributed by atoms with E-state index in [-0.39, 0.29) is 6.42 Å². The highest BCUT2D eigenvalue weighted by Gasteiger charge is 2.27. The van der Waals surface area contributed by atoms with Crippen LogP contribution >= 0.6 is 0 Å². The Labute approximate surface area is 264 Å². The van der Waals surface area contributed by atoms with E-state index in [1.165, 1.54) is 83.1 Å². The minimum Gasteiger partial charge on any atom is -0.387 e. The average molecular weight is 628 g/mol. The predicted molar refractivity (Wildman–Crippen MR) is 181 cm³/mol. The highest BCUT2D eigenvalue weighted by Crippen LogP contribution is 2.14. The van der Waals surface area contributed by atoms with Crippen LogP contribution in [0.5, 0.6) is 0 Å². The maximum Gasteiger partial charge on any atom is 0.267 e. The van der Waals surface area contributed by atoms with Gasteiger partial charge in [0.15, 0.2) is 0 Å². The van der Waals surface area contributed by atoms with Crippen LogP contribution in [0.2, 0.25) is 0 Å². The number of aliphatic hydroxyl groups excluding tert-OH is 2. The monoisotopic (exact) mass is 627 g/mol. The molecule has 0 aromatic carbocycles. The first-order valence-electron chi connectivity index (χ1n) is 17.3. The topological polar surface area (TPSA) is 124 Å². The Bertz CT molecular complexity index is 839. The van der Waals surface area contributed by atoms with Crippen molar-refractivity contribution in [2.24, 2.45) is 0 Å². The Morgan fingerprint density at radius 1 is 0.628 bits per heavy atom. The van der Waals surface area contributed by atoms with Gasteiger partial charge in [-0.05, 0) is 44.9 Å². The molecule has 0 aromatic rings. The minimum atomic E-state index is -4.45. The van der Waals surface area contributed by atoms with E-state index in [4.69, 9.17) is 0 Å². The summed E-state index contributed by atoms with van der Waals surface area (Å²) < 4.78 is 32.3. The Morgan fingerprint density at radius 3 is 1.53 bits per heavy atom. The predicted octanol–water partition coefficient (Wildman–Crippen LogP) is 8.37. The number of aliphatic hydroxyl groups is 2. The van der Waals surface area contributed by atoms with Crippen molar-refractivity contribution in [2.45, 2.75) is 173 Å². The number of hydrogen-bond donors (Lipinski definition) is 4. The lowest BCUT2D eigenvalue weighted by Gasteiger charge is -2.22. The molecule has 0 saturated heterocycles. The van der Waals surface area contributed by atoms with Crippen molar-refractivity contribution in [2.75, 3.05) is 5.75 Å². The van der Waals surface area contributed by atoms with Crippen LogP contribution in [0, 0.1) is 0 Å². The molecule has 0 bridgehead atoms. The van der Waals surface area contributed by atoms with Crippen molar-refractivity contribution in [1.29, 1.82) is 0 Å². The van der Waals surface area contributed by atoms with E-state index in [0.29, 0.717) is 12.8 Å². The number of hydrogen-bond acceptors (Lipinski definition) is 5. The van der Waals surface area contributed by atoms with Crippen LogP contribution < -0.4 is 5.32 Å². The van der Waals surface area contributed by atoms with Gasteiger partial charge in [0.2, 0.25) is 5.91 Å². The molecular weight excluding hydrogens is 562 g/mol. The third kappa shape index (κ3) is 29.0. The van der Waals surface area contributed by atoms with E-state index < -0.39 is 40.0 Å². The molecule has 8 heteroatoms. The van der Waals surface area contributed by atoms with E-state index >= 15 is 0 Å². The standard InChI is InChI=1S/C35H65NO6S/c1-3-5-7-9-11-13-15-17-19-21-23-25-27-29-33(37)32(31-43(40,41)42)36-35(39)34(38)30-28-26-24-22-20-18-16-14-12-10-8-6-4-2/h11,13,19,21,27,29,32-34,37-38H,3-10,12,14-18,20,22-26,28,30-31H2,1-2H3,(H,36,39)(H,40,41,42)/b13-11+,21-19+,29-27+. The molecule has 0 aliphatic rings. The Kier molecular flexibility index (Phi) is 28.2. The molecule has 0 fully saturated rings. The molecule has 0 radical (unpaired) electrons. The average Bonchev–Trinajstić information content (AvgIpc) is 2.96. The molecule has 0 aromatic heterocycles. The summed E-state index contributed by atoms with van der Waals surface area (Å²) in [6.45, 7) is 4.44. The molecule has 7 nitrogen and oxygen atoms in total. The van der Waals surface area contributed by atoms with Crippen molar-refractivity contribution in [1.82, 2.24) is 5.32 Å². The molecule has 1 amide bonds. The van der Waals surface area contributed by atoms with Crippen LogP contribution in [0.4, 0.5) is 0 Å². The second-order valence-corrected chi connectivity index (χ2v) is 13.4. The van der Waals surface area contributed by atoms with Gasteiger partial charge in [0, 0.05) is 0 Å². The van der Waals surface area contributed by atoms with Gasteiger partial charge in [0.05, 0.1) is 17.9 Å². The number of allylic oxidation sites excluding steroid dienone is 5. The second-order valence-electron chi connectivity index (χ2n) is 11.9. The third-order valence-electron chi connectivity index (χ3n) is 7.65. The zero-order chi connectivity index (χ0) is 32.0. The quantitative estimate of drug-likeness (QED) is 0.0360. The van der Waals surface area contributed by atoms with E-state index in [1.807, 2.05) is 0 Å². The highest BCUT2D eigenvalue weighted by molar-refractivity contribution is 7.85. The van der Waals surface area contributed by atoms with Crippen LogP contribution in [-0.2, 0) is 14.9 Å². The van der Waals surface area contributed by atoms with Gasteiger partial charge in [-0.1, -0.05) is 147 Å². The summed E-state index contributed by atoms with van der Waals surface area (Å²) in [5.74, 6) is -1.57. The van der Waals surface area contributed by atoms with Crippen LogP contribution in [-0.4, -0.2) is 53.1 Å². The molecule has 252 valence electrons. The molecular formula is C35H65NO6S. The van der Waals surface area contributed by atoms with Crippen LogP contribution in [0.1, 0.15) is 155 Å². The Morgan fingerprint density at radius 2 is 1.05 bits per heavy atom. The molecule has 0 aliphatic heterocycles. The fraction of sp³-hybridized carbons (Fsp3) is 0.800. The summed E-state index contributed by atoms with van der Waals surface area (Å²) in [6, 6.07) is -1.25. The fourth-order valence-corrected chi connectivity index (χ4v) is 5.69. The lowest BCUT2D eigenvalue weighted by molar-refractivity contribution is -0.130. The van der Waals surface area contributed by atoms with E-state index in [0.717, 1.165) is 44.9 Å². The van der Waals surface area contributed by atoms with Crippen LogP contribution in [0.3, 0.4) is 0 Å². The van der Waals surface area contributed by atoms with E-state index in [9.17, 15) is 28.0 Å². The number of unbranched alkanes of at least 4 members (excludes halogenated alkanes) is 17. The molecule has 0 saturated carbocycles. The van der Waals surface area contributed by atoms with Gasteiger partial charge < -0.3 is 15.5 Å². The van der Waals surface area contributed by atoms with Gasteiger partial charge >= 0.3 is 0 Å². The SMILES string of the molecule is CCCCC/C=C/CC/C=C/CC/C=C/C(O)C(CS(=O)(=O)O)NC(=O)C(O)CCCCCCCCCCCCCCC. The zero-order valence-electron chi connectivity index (χ0n) is 27.4. The van der Waals surface area contributed by atoms with Crippen molar-refractivity contribution >= 4 is 16.0 Å². The largest absolute Gasteiger partial charge is 0.387 e. The Hall–Kier alpha value is -1.48. The van der Waals surface area contributed by atoms with Crippen LogP contribution in [0.25, 0.3) is 0 Å². The van der Waals surface area contributed by atoms with Gasteiger partial charge in [0.25, 0.3) is 10.1 Å². The van der Waals surface area contributed by atoms with Gasteiger partial charge in [0.1, 0.15) is 6.10 Å². The first-order valence-corrected chi connectivity index (χ1v) is 18.9.